The average molecular weight is 376 g/mol. The maximum Gasteiger partial charge on any atom is 0.258 e. The van der Waals surface area contributed by atoms with Crippen LogP contribution >= 0.6 is 23.2 Å². The molecule has 0 aliphatic rings. The average Bonchev–Trinajstić information content (AvgIpc) is 2.59. The van der Waals surface area contributed by atoms with Crippen LogP contribution in [-0.4, -0.2) is 10.9 Å². The largest absolute Gasteiger partial charge is 0.339 e. The van der Waals surface area contributed by atoms with Gasteiger partial charge in [0.15, 0.2) is 0 Å². The molecule has 3 aromatic rings. The highest BCUT2D eigenvalue weighted by molar-refractivity contribution is 6.36. The summed E-state index contributed by atoms with van der Waals surface area (Å²) in [5.41, 5.74) is 1.07. The number of hydrogen-bond acceptors (Lipinski definition) is 3. The van der Waals surface area contributed by atoms with Crippen molar-refractivity contribution in [3.05, 3.63) is 82.2 Å². The number of aromatic nitrogens is 1. The lowest BCUT2D eigenvalue weighted by Gasteiger charge is -2.09. The summed E-state index contributed by atoms with van der Waals surface area (Å²) in [6.07, 6.45) is 1.46. The first-order valence-corrected chi connectivity index (χ1v) is 8.02. The number of halogens is 3. The number of carbonyl (C=O) groups is 1. The van der Waals surface area contributed by atoms with Gasteiger partial charge in [-0.2, -0.15) is 0 Å². The minimum Gasteiger partial charge on any atom is -0.339 e. The Bertz CT molecular complexity index is 916. The fourth-order valence-electron chi connectivity index (χ4n) is 2.11. The van der Waals surface area contributed by atoms with Crippen LogP contribution in [0, 0.1) is 5.82 Å². The number of rotatable bonds is 4. The molecule has 0 bridgehead atoms. The van der Waals surface area contributed by atoms with E-state index in [1.54, 1.807) is 36.4 Å². The molecule has 0 atom stereocenters. The molecule has 3 rings (SSSR count). The molecule has 7 heteroatoms. The van der Waals surface area contributed by atoms with Crippen LogP contribution in [0.25, 0.3) is 0 Å². The van der Waals surface area contributed by atoms with Crippen LogP contribution in [0.5, 0.6) is 0 Å². The second-order valence-corrected chi connectivity index (χ2v) is 5.96. The van der Waals surface area contributed by atoms with Gasteiger partial charge in [0.2, 0.25) is 0 Å². The van der Waals surface area contributed by atoms with Gasteiger partial charge in [-0.1, -0.05) is 35.3 Å². The molecule has 0 unspecified atom stereocenters. The van der Waals surface area contributed by atoms with E-state index in [-0.39, 0.29) is 5.56 Å². The first-order chi connectivity index (χ1) is 12.0. The minimum atomic E-state index is -0.580. The van der Waals surface area contributed by atoms with Crippen LogP contribution in [-0.2, 0) is 0 Å². The van der Waals surface area contributed by atoms with E-state index in [0.717, 1.165) is 0 Å². The quantitative estimate of drug-likeness (QED) is 0.630. The number of pyridine rings is 1. The highest BCUT2D eigenvalue weighted by Crippen LogP contribution is 2.27. The van der Waals surface area contributed by atoms with Crippen LogP contribution in [0.4, 0.5) is 21.6 Å². The van der Waals surface area contributed by atoms with Crippen molar-refractivity contribution >= 4 is 46.3 Å². The highest BCUT2D eigenvalue weighted by atomic mass is 35.5. The maximum absolute atomic E-state index is 13.6. The first-order valence-electron chi connectivity index (χ1n) is 7.27. The van der Waals surface area contributed by atoms with Gasteiger partial charge in [-0.3, -0.25) is 4.79 Å². The van der Waals surface area contributed by atoms with E-state index in [1.807, 2.05) is 0 Å². The third-order valence-corrected chi connectivity index (χ3v) is 3.88. The van der Waals surface area contributed by atoms with E-state index in [9.17, 15) is 9.18 Å². The molecule has 4 nitrogen and oxygen atoms in total. The predicted molar refractivity (Wildman–Crippen MR) is 98.3 cm³/mol. The Labute approximate surface area is 153 Å². The van der Waals surface area contributed by atoms with Crippen molar-refractivity contribution in [2.75, 3.05) is 10.6 Å². The summed E-state index contributed by atoms with van der Waals surface area (Å²) >= 11 is 12.0. The number of anilines is 3. The molecule has 0 aliphatic carbocycles. The molecule has 2 N–H and O–H groups in total. The molecule has 0 spiro atoms. The fraction of sp³-hybridized carbons (Fsp3) is 0. The van der Waals surface area contributed by atoms with Gasteiger partial charge in [-0.25, -0.2) is 9.37 Å². The van der Waals surface area contributed by atoms with Gasteiger partial charge in [-0.05, 0) is 42.5 Å². The Hall–Kier alpha value is -2.63. The molecule has 1 aromatic heterocycles. The number of nitrogens with zero attached hydrogens (tertiary/aromatic N) is 1. The highest BCUT2D eigenvalue weighted by Gasteiger charge is 2.11. The molecule has 0 saturated heterocycles. The zero-order chi connectivity index (χ0) is 17.8. The Morgan fingerprint density at radius 2 is 1.84 bits per heavy atom. The van der Waals surface area contributed by atoms with Gasteiger partial charge in [0.05, 0.1) is 28.2 Å². The molecule has 25 heavy (non-hydrogen) atoms. The molecule has 0 aliphatic heterocycles. The molecule has 1 heterocycles. The van der Waals surface area contributed by atoms with Crippen LogP contribution in [0.2, 0.25) is 10.0 Å². The summed E-state index contributed by atoms with van der Waals surface area (Å²) in [7, 11) is 0. The van der Waals surface area contributed by atoms with Crippen LogP contribution in [0.15, 0.2) is 60.8 Å². The molecular weight excluding hydrogens is 364 g/mol. The van der Waals surface area contributed by atoms with Crippen molar-refractivity contribution in [2.24, 2.45) is 0 Å². The van der Waals surface area contributed by atoms with Crippen LogP contribution in [0.1, 0.15) is 10.4 Å². The summed E-state index contributed by atoms with van der Waals surface area (Å²) in [4.78, 5) is 16.3. The molecule has 2 aromatic carbocycles. The van der Waals surface area contributed by atoms with Crippen molar-refractivity contribution < 1.29 is 9.18 Å². The number of amides is 1. The van der Waals surface area contributed by atoms with Crippen molar-refractivity contribution in [2.45, 2.75) is 0 Å². The lowest BCUT2D eigenvalue weighted by atomic mass is 10.2. The van der Waals surface area contributed by atoms with E-state index in [2.05, 4.69) is 15.6 Å². The van der Waals surface area contributed by atoms with Crippen LogP contribution in [0.3, 0.4) is 0 Å². The smallest absolute Gasteiger partial charge is 0.258 e. The zero-order valence-electron chi connectivity index (χ0n) is 12.8. The molecule has 0 radical (unpaired) electrons. The Morgan fingerprint density at radius 1 is 1.04 bits per heavy atom. The predicted octanol–water partition coefficient (Wildman–Crippen LogP) is 5.52. The lowest BCUT2D eigenvalue weighted by Crippen LogP contribution is -2.13. The Morgan fingerprint density at radius 3 is 2.52 bits per heavy atom. The van der Waals surface area contributed by atoms with Gasteiger partial charge in [-0.15, -0.1) is 0 Å². The van der Waals surface area contributed by atoms with Crippen molar-refractivity contribution in [1.29, 1.82) is 0 Å². The summed E-state index contributed by atoms with van der Waals surface area (Å²) < 4.78 is 13.6. The fourth-order valence-corrected chi connectivity index (χ4v) is 2.57. The minimum absolute atomic E-state index is 0.0300. The van der Waals surface area contributed by atoms with E-state index in [0.29, 0.717) is 27.2 Å². The monoisotopic (exact) mass is 375 g/mol. The first kappa shape index (κ1) is 17.2. The standard InChI is InChI=1S/C18H12Cl2FN3O/c19-11-5-7-16(14(20)9-11)24-17-8-6-12(10-22-17)23-18(25)13-3-1-2-4-15(13)21/h1-10H,(H,22,24)(H,23,25). The summed E-state index contributed by atoms with van der Waals surface area (Å²) in [5, 5.41) is 6.64. The van der Waals surface area contributed by atoms with Crippen LogP contribution < -0.4 is 10.6 Å². The van der Waals surface area contributed by atoms with Gasteiger partial charge in [0.1, 0.15) is 11.6 Å². The van der Waals surface area contributed by atoms with Crippen molar-refractivity contribution in [3.8, 4) is 0 Å². The van der Waals surface area contributed by atoms with E-state index < -0.39 is 11.7 Å². The summed E-state index contributed by atoms with van der Waals surface area (Å²) in [5.74, 6) is -0.585. The van der Waals surface area contributed by atoms with Gasteiger partial charge in [0, 0.05) is 5.02 Å². The molecule has 1 amide bonds. The molecular formula is C18H12Cl2FN3O. The van der Waals surface area contributed by atoms with Gasteiger partial charge < -0.3 is 10.6 Å². The van der Waals surface area contributed by atoms with E-state index in [1.165, 1.54) is 24.4 Å². The zero-order valence-corrected chi connectivity index (χ0v) is 14.3. The molecule has 126 valence electrons. The third kappa shape index (κ3) is 4.26. The summed E-state index contributed by atoms with van der Waals surface area (Å²) in [6, 6.07) is 14.1. The number of benzene rings is 2. The maximum atomic E-state index is 13.6. The Balaban J connectivity index is 1.70. The number of hydrogen-bond donors (Lipinski definition) is 2. The SMILES string of the molecule is O=C(Nc1ccc(Nc2ccc(Cl)cc2Cl)nc1)c1ccccc1F. The van der Waals surface area contributed by atoms with Gasteiger partial charge >= 0.3 is 0 Å². The number of carbonyl (C=O) groups excluding carboxylic acids is 1. The van der Waals surface area contributed by atoms with Gasteiger partial charge in [0.25, 0.3) is 5.91 Å². The number of nitrogens with one attached hydrogen (secondary N) is 2. The topological polar surface area (TPSA) is 54.0 Å². The normalized spacial score (nSPS) is 10.4. The van der Waals surface area contributed by atoms with E-state index in [4.69, 9.17) is 23.2 Å². The second-order valence-electron chi connectivity index (χ2n) is 5.12. The lowest BCUT2D eigenvalue weighted by molar-refractivity contribution is 0.102. The second kappa shape index (κ2) is 7.51. The van der Waals surface area contributed by atoms with Crippen molar-refractivity contribution in [3.63, 3.8) is 0 Å². The Kier molecular flexibility index (Phi) is 5.16. The third-order valence-electron chi connectivity index (χ3n) is 3.33. The summed E-state index contributed by atoms with van der Waals surface area (Å²) in [6.45, 7) is 0. The van der Waals surface area contributed by atoms with Crippen molar-refractivity contribution in [1.82, 2.24) is 4.98 Å². The molecule has 0 saturated carbocycles. The van der Waals surface area contributed by atoms with E-state index >= 15 is 0 Å². The molecule has 0 fully saturated rings.